The minimum Gasteiger partial charge on any atom is -0.494 e. The fourth-order valence-electron chi connectivity index (χ4n) is 3.30. The average molecular weight is 370 g/mol. The van der Waals surface area contributed by atoms with Gasteiger partial charge >= 0.3 is 0 Å². The number of thiophene rings is 1. The third kappa shape index (κ3) is 3.85. The van der Waals surface area contributed by atoms with Gasteiger partial charge in [-0.25, -0.2) is 0 Å². The molecule has 1 aromatic heterocycles. The van der Waals surface area contributed by atoms with E-state index in [1.807, 2.05) is 19.1 Å². The number of nitrogens with one attached hydrogen (secondary N) is 1. The second-order valence-electron chi connectivity index (χ2n) is 7.28. The maximum absolute atomic E-state index is 12.6. The van der Waals surface area contributed by atoms with Gasteiger partial charge in [-0.15, -0.1) is 11.3 Å². The van der Waals surface area contributed by atoms with Crippen molar-refractivity contribution in [2.24, 2.45) is 0 Å². The number of aryl methyl sites for hydroxylation is 1. The molecule has 4 heteroatoms. The maximum Gasteiger partial charge on any atom is 0.247 e. The van der Waals surface area contributed by atoms with Crippen molar-refractivity contribution >= 4 is 22.8 Å². The van der Waals surface area contributed by atoms with Crippen LogP contribution >= 0.6 is 11.3 Å². The summed E-state index contributed by atoms with van der Waals surface area (Å²) in [6, 6.07) is 10.3. The van der Waals surface area contributed by atoms with Crippen molar-refractivity contribution in [3.63, 3.8) is 0 Å². The molecule has 0 radical (unpaired) electrons. The molecule has 0 bridgehead atoms. The van der Waals surface area contributed by atoms with Crippen molar-refractivity contribution in [2.45, 2.75) is 52.5 Å². The zero-order valence-corrected chi connectivity index (χ0v) is 16.8. The van der Waals surface area contributed by atoms with E-state index in [1.54, 1.807) is 11.3 Å². The first-order valence-corrected chi connectivity index (χ1v) is 10.1. The van der Waals surface area contributed by atoms with Gasteiger partial charge in [0.2, 0.25) is 5.91 Å². The van der Waals surface area contributed by atoms with E-state index in [0.29, 0.717) is 0 Å². The summed E-state index contributed by atoms with van der Waals surface area (Å²) in [4.78, 5) is 13.8. The first-order chi connectivity index (χ1) is 12.4. The van der Waals surface area contributed by atoms with Crippen LogP contribution in [0.2, 0.25) is 0 Å². The zero-order chi connectivity index (χ0) is 18.7. The van der Waals surface area contributed by atoms with Gasteiger partial charge in [-0.05, 0) is 67.5 Å². The summed E-state index contributed by atoms with van der Waals surface area (Å²) in [5, 5.41) is 5.34. The first kappa shape index (κ1) is 18.7. The Labute approximate surface area is 160 Å². The van der Waals surface area contributed by atoms with E-state index in [9.17, 15) is 4.79 Å². The fourth-order valence-corrected chi connectivity index (χ4v) is 4.30. The molecule has 138 valence electrons. The van der Waals surface area contributed by atoms with E-state index in [2.05, 4.69) is 49.7 Å². The molecule has 2 aromatic rings. The van der Waals surface area contributed by atoms with Crippen LogP contribution in [0, 0.1) is 6.92 Å². The van der Waals surface area contributed by atoms with E-state index in [0.717, 1.165) is 48.3 Å². The zero-order valence-electron chi connectivity index (χ0n) is 16.0. The van der Waals surface area contributed by atoms with Crippen LogP contribution in [0.15, 0.2) is 41.3 Å². The molecule has 3 nitrogen and oxygen atoms in total. The Morgan fingerprint density at radius 1 is 1.23 bits per heavy atom. The monoisotopic (exact) mass is 369 g/mol. The highest BCUT2D eigenvalue weighted by atomic mass is 32.1. The minimum atomic E-state index is -0.411. The first-order valence-electron chi connectivity index (χ1n) is 9.24. The summed E-state index contributed by atoms with van der Waals surface area (Å²) in [6.45, 7) is 9.01. The van der Waals surface area contributed by atoms with Crippen LogP contribution in [-0.2, 0) is 10.3 Å². The normalized spacial score (nSPS) is 20.2. The van der Waals surface area contributed by atoms with Crippen molar-refractivity contribution < 1.29 is 9.53 Å². The topological polar surface area (TPSA) is 38.3 Å². The third-order valence-electron chi connectivity index (χ3n) is 5.00. The van der Waals surface area contributed by atoms with Crippen LogP contribution in [0.25, 0.3) is 5.57 Å². The van der Waals surface area contributed by atoms with Crippen LogP contribution in [0.3, 0.4) is 0 Å². The molecule has 1 aliphatic rings. The number of ether oxygens (including phenoxy) is 1. The second kappa shape index (κ2) is 7.67. The molecule has 0 saturated carbocycles. The highest BCUT2D eigenvalue weighted by Gasteiger charge is 2.36. The van der Waals surface area contributed by atoms with Crippen LogP contribution in [0.4, 0.5) is 0 Å². The lowest BCUT2D eigenvalue weighted by Gasteiger charge is -2.37. The Kier molecular flexibility index (Phi) is 5.52. The van der Waals surface area contributed by atoms with E-state index in [1.165, 1.54) is 10.4 Å². The van der Waals surface area contributed by atoms with Gasteiger partial charge in [-0.1, -0.05) is 25.5 Å². The van der Waals surface area contributed by atoms with Gasteiger partial charge in [0.15, 0.2) is 0 Å². The number of rotatable bonds is 6. The summed E-state index contributed by atoms with van der Waals surface area (Å²) >= 11 is 1.71. The number of hydrogen-bond acceptors (Lipinski definition) is 3. The maximum atomic E-state index is 12.6. The molecule has 0 spiro atoms. The standard InChI is InChI=1S/C22H27NO2S/c1-5-6-11-25-18-9-7-17(8-10-18)22(4)13-19(16(3)21(24)23-22)20-12-15(2)14-26-20/h7-10,12,14H,5-6,11,13H2,1-4H3,(H,23,24). The number of carbonyl (C=O) groups excluding carboxylic acids is 1. The van der Waals surface area contributed by atoms with E-state index in [-0.39, 0.29) is 5.91 Å². The molecular weight excluding hydrogens is 342 g/mol. The number of hydrogen-bond donors (Lipinski definition) is 1. The Morgan fingerprint density at radius 3 is 2.58 bits per heavy atom. The van der Waals surface area contributed by atoms with Crippen molar-refractivity contribution in [1.82, 2.24) is 5.32 Å². The van der Waals surface area contributed by atoms with Crippen molar-refractivity contribution in [3.8, 4) is 5.75 Å². The molecule has 26 heavy (non-hydrogen) atoms. The Morgan fingerprint density at radius 2 is 1.96 bits per heavy atom. The number of carbonyl (C=O) groups is 1. The molecule has 0 fully saturated rings. The number of benzene rings is 1. The molecule has 1 aliphatic heterocycles. The lowest BCUT2D eigenvalue weighted by molar-refractivity contribution is -0.119. The van der Waals surface area contributed by atoms with Gasteiger partial charge < -0.3 is 10.1 Å². The quantitative estimate of drug-likeness (QED) is 0.688. The van der Waals surface area contributed by atoms with Crippen LogP contribution in [0.1, 0.15) is 56.0 Å². The fraction of sp³-hybridized carbons (Fsp3) is 0.409. The summed E-state index contributed by atoms with van der Waals surface area (Å²) in [5.41, 5.74) is 3.91. The largest absolute Gasteiger partial charge is 0.494 e. The van der Waals surface area contributed by atoms with E-state index >= 15 is 0 Å². The molecule has 0 aliphatic carbocycles. The summed E-state index contributed by atoms with van der Waals surface area (Å²) < 4.78 is 5.76. The lowest BCUT2D eigenvalue weighted by atomic mass is 9.80. The second-order valence-corrected chi connectivity index (χ2v) is 8.19. The van der Waals surface area contributed by atoms with Crippen molar-refractivity contribution in [2.75, 3.05) is 6.61 Å². The Balaban J connectivity index is 1.84. The Hall–Kier alpha value is -2.07. The lowest BCUT2D eigenvalue weighted by Crippen LogP contribution is -2.47. The molecule has 0 saturated heterocycles. The van der Waals surface area contributed by atoms with Gasteiger partial charge in [0.25, 0.3) is 0 Å². The summed E-state index contributed by atoms with van der Waals surface area (Å²) in [6.07, 6.45) is 2.97. The van der Waals surface area contributed by atoms with Gasteiger partial charge in [0.05, 0.1) is 12.1 Å². The van der Waals surface area contributed by atoms with Crippen molar-refractivity contribution in [3.05, 3.63) is 57.3 Å². The van der Waals surface area contributed by atoms with E-state index in [4.69, 9.17) is 4.74 Å². The molecule has 2 heterocycles. The van der Waals surface area contributed by atoms with Crippen molar-refractivity contribution in [1.29, 1.82) is 0 Å². The van der Waals surface area contributed by atoms with Crippen LogP contribution in [-0.4, -0.2) is 12.5 Å². The molecule has 1 atom stereocenters. The van der Waals surface area contributed by atoms with Gasteiger partial charge in [-0.3, -0.25) is 4.79 Å². The summed E-state index contributed by atoms with van der Waals surface area (Å²) in [5.74, 6) is 0.900. The van der Waals surface area contributed by atoms with Gasteiger partial charge in [0.1, 0.15) is 5.75 Å². The molecule has 3 rings (SSSR count). The molecule has 1 unspecified atom stereocenters. The number of unbranched alkanes of at least 4 members (excludes halogenated alkanes) is 1. The average Bonchev–Trinajstić information content (AvgIpc) is 3.05. The predicted octanol–water partition coefficient (Wildman–Crippen LogP) is 5.44. The predicted molar refractivity (Wildman–Crippen MR) is 109 cm³/mol. The Bertz CT molecular complexity index is 819. The van der Waals surface area contributed by atoms with Gasteiger partial charge in [-0.2, -0.15) is 0 Å². The molecular formula is C22H27NO2S. The SMILES string of the molecule is CCCCOc1ccc(C2(C)CC(c3cc(C)cs3)=C(C)C(=O)N2)cc1. The van der Waals surface area contributed by atoms with E-state index < -0.39 is 5.54 Å². The number of amides is 1. The smallest absolute Gasteiger partial charge is 0.247 e. The highest BCUT2D eigenvalue weighted by molar-refractivity contribution is 7.11. The molecule has 1 N–H and O–H groups in total. The van der Waals surface area contributed by atoms with Gasteiger partial charge in [0, 0.05) is 16.9 Å². The highest BCUT2D eigenvalue weighted by Crippen LogP contribution is 2.40. The molecule has 1 amide bonds. The minimum absolute atomic E-state index is 0.0167. The molecule has 1 aromatic carbocycles. The summed E-state index contributed by atoms with van der Waals surface area (Å²) in [7, 11) is 0. The third-order valence-corrected chi connectivity index (χ3v) is 6.11. The van der Waals surface area contributed by atoms with Crippen LogP contribution in [0.5, 0.6) is 5.75 Å². The van der Waals surface area contributed by atoms with Crippen LogP contribution < -0.4 is 10.1 Å².